The molecule has 2 aromatic heterocycles. The van der Waals surface area contributed by atoms with E-state index >= 15 is 0 Å². The highest BCUT2D eigenvalue weighted by Crippen LogP contribution is 2.31. The van der Waals surface area contributed by atoms with E-state index in [1.54, 1.807) is 20.2 Å². The number of aromatic nitrogens is 3. The van der Waals surface area contributed by atoms with Gasteiger partial charge in [-0.25, -0.2) is 8.42 Å². The standard InChI is InChI=1S/C11H12F3N3O3S/c1-7-3-17(2)15-9(7)6-21(18,19)5-8-4-20-16-10(8)11(12,13)14/h3-4H,5-6H2,1-2H3. The third-order valence-electron chi connectivity index (χ3n) is 2.76. The van der Waals surface area contributed by atoms with E-state index in [0.717, 1.165) is 0 Å². The van der Waals surface area contributed by atoms with Gasteiger partial charge in [0.25, 0.3) is 0 Å². The maximum absolute atomic E-state index is 12.6. The number of sulfone groups is 1. The molecule has 2 aromatic rings. The Hall–Kier alpha value is -1.84. The van der Waals surface area contributed by atoms with E-state index in [9.17, 15) is 21.6 Å². The van der Waals surface area contributed by atoms with E-state index in [2.05, 4.69) is 14.8 Å². The SMILES string of the molecule is Cc1cn(C)nc1CS(=O)(=O)Cc1conc1C(F)(F)F. The summed E-state index contributed by atoms with van der Waals surface area (Å²) >= 11 is 0. The predicted molar refractivity (Wildman–Crippen MR) is 65.8 cm³/mol. The number of hydrogen-bond donors (Lipinski definition) is 0. The zero-order chi connectivity index (χ0) is 15.8. The quantitative estimate of drug-likeness (QED) is 0.858. The van der Waals surface area contributed by atoms with Crippen LogP contribution in [0.2, 0.25) is 0 Å². The van der Waals surface area contributed by atoms with Crippen molar-refractivity contribution in [3.05, 3.63) is 35.0 Å². The van der Waals surface area contributed by atoms with Crippen molar-refractivity contribution in [1.82, 2.24) is 14.9 Å². The van der Waals surface area contributed by atoms with Gasteiger partial charge in [-0.15, -0.1) is 0 Å². The molecular weight excluding hydrogens is 311 g/mol. The first-order chi connectivity index (χ1) is 9.58. The zero-order valence-electron chi connectivity index (χ0n) is 11.2. The van der Waals surface area contributed by atoms with Crippen LogP contribution in [0.15, 0.2) is 17.0 Å². The number of hydrogen-bond acceptors (Lipinski definition) is 5. The Bertz CT molecular complexity index is 746. The molecule has 0 aliphatic heterocycles. The summed E-state index contributed by atoms with van der Waals surface area (Å²) in [5.74, 6) is -1.25. The molecule has 0 bridgehead atoms. The Morgan fingerprint density at radius 2 is 2.00 bits per heavy atom. The minimum Gasteiger partial charge on any atom is -0.364 e. The van der Waals surface area contributed by atoms with Gasteiger partial charge in [-0.1, -0.05) is 5.16 Å². The van der Waals surface area contributed by atoms with E-state index in [4.69, 9.17) is 0 Å². The molecule has 0 aliphatic carbocycles. The second-order valence-corrected chi connectivity index (χ2v) is 6.72. The number of rotatable bonds is 4. The first-order valence-corrected chi connectivity index (χ1v) is 7.60. The second kappa shape index (κ2) is 5.17. The summed E-state index contributed by atoms with van der Waals surface area (Å²) in [4.78, 5) is 0. The Kier molecular flexibility index (Phi) is 3.83. The van der Waals surface area contributed by atoms with E-state index in [1.165, 1.54) is 4.68 Å². The first kappa shape index (κ1) is 15.5. The molecule has 0 spiro atoms. The molecule has 6 nitrogen and oxygen atoms in total. The lowest BCUT2D eigenvalue weighted by molar-refractivity contribution is -0.143. The van der Waals surface area contributed by atoms with Crippen molar-refractivity contribution in [2.45, 2.75) is 24.6 Å². The Morgan fingerprint density at radius 1 is 1.33 bits per heavy atom. The van der Waals surface area contributed by atoms with Crippen molar-refractivity contribution in [2.75, 3.05) is 0 Å². The molecule has 0 radical (unpaired) electrons. The van der Waals surface area contributed by atoms with Crippen LogP contribution in [-0.2, 0) is 34.6 Å². The number of alkyl halides is 3. The van der Waals surface area contributed by atoms with Crippen LogP contribution in [0.4, 0.5) is 13.2 Å². The van der Waals surface area contributed by atoms with Crippen LogP contribution < -0.4 is 0 Å². The molecule has 0 saturated heterocycles. The lowest BCUT2D eigenvalue weighted by Gasteiger charge is -2.05. The van der Waals surface area contributed by atoms with Gasteiger partial charge in [0.15, 0.2) is 15.5 Å². The highest BCUT2D eigenvalue weighted by atomic mass is 32.2. The summed E-state index contributed by atoms with van der Waals surface area (Å²) in [5.41, 5.74) is -0.857. The van der Waals surface area contributed by atoms with Gasteiger partial charge in [0.05, 0.1) is 17.2 Å². The lowest BCUT2D eigenvalue weighted by Crippen LogP contribution is -2.14. The van der Waals surface area contributed by atoms with Crippen molar-refractivity contribution in [3.8, 4) is 0 Å². The molecule has 10 heteroatoms. The predicted octanol–water partition coefficient (Wildman–Crippen LogP) is 1.85. The minimum atomic E-state index is -4.75. The summed E-state index contributed by atoms with van der Waals surface area (Å²) in [6.45, 7) is 1.68. The highest BCUT2D eigenvalue weighted by molar-refractivity contribution is 7.89. The third-order valence-corrected chi connectivity index (χ3v) is 4.22. The molecular formula is C11H12F3N3O3S. The molecule has 0 amide bonds. The fraction of sp³-hybridized carbons (Fsp3) is 0.455. The van der Waals surface area contributed by atoms with E-state index in [1.807, 2.05) is 0 Å². The molecule has 0 saturated carbocycles. The average molecular weight is 323 g/mol. The van der Waals surface area contributed by atoms with Crippen LogP contribution in [0.5, 0.6) is 0 Å². The number of aryl methyl sites for hydroxylation is 2. The molecule has 0 aliphatic rings. The van der Waals surface area contributed by atoms with Crippen LogP contribution in [0, 0.1) is 6.92 Å². The first-order valence-electron chi connectivity index (χ1n) is 5.78. The van der Waals surface area contributed by atoms with Crippen molar-refractivity contribution in [1.29, 1.82) is 0 Å². The van der Waals surface area contributed by atoms with Crippen molar-refractivity contribution in [3.63, 3.8) is 0 Å². The van der Waals surface area contributed by atoms with Gasteiger partial charge in [-0.2, -0.15) is 18.3 Å². The smallest absolute Gasteiger partial charge is 0.364 e. The van der Waals surface area contributed by atoms with Gasteiger partial charge in [-0.3, -0.25) is 4.68 Å². The maximum Gasteiger partial charge on any atom is 0.437 e. The fourth-order valence-corrected chi connectivity index (χ4v) is 3.37. The summed E-state index contributed by atoms with van der Waals surface area (Å²) in [7, 11) is -2.20. The van der Waals surface area contributed by atoms with E-state index < -0.39 is 38.8 Å². The molecule has 0 N–H and O–H groups in total. The Labute approximate surface area is 118 Å². The normalized spacial score (nSPS) is 12.8. The maximum atomic E-state index is 12.6. The summed E-state index contributed by atoms with van der Waals surface area (Å²) < 4.78 is 67.6. The molecule has 2 rings (SSSR count). The van der Waals surface area contributed by atoms with Gasteiger partial charge in [0.2, 0.25) is 0 Å². The molecule has 2 heterocycles. The van der Waals surface area contributed by atoms with Gasteiger partial charge in [-0.05, 0) is 12.5 Å². The third kappa shape index (κ3) is 3.63. The van der Waals surface area contributed by atoms with Gasteiger partial charge >= 0.3 is 6.18 Å². The average Bonchev–Trinajstić information content (AvgIpc) is 2.84. The van der Waals surface area contributed by atoms with Gasteiger partial charge in [0, 0.05) is 18.8 Å². The highest BCUT2D eigenvalue weighted by Gasteiger charge is 2.38. The van der Waals surface area contributed by atoms with Crippen molar-refractivity contribution in [2.24, 2.45) is 7.05 Å². The molecule has 116 valence electrons. The summed E-state index contributed by atoms with van der Waals surface area (Å²) in [6.07, 6.45) is -2.42. The molecule has 0 unspecified atom stereocenters. The number of halogens is 3. The van der Waals surface area contributed by atoms with Gasteiger partial charge < -0.3 is 4.52 Å². The van der Waals surface area contributed by atoms with Crippen LogP contribution in [-0.4, -0.2) is 23.4 Å². The Morgan fingerprint density at radius 3 is 2.52 bits per heavy atom. The fourth-order valence-electron chi connectivity index (χ4n) is 1.89. The Balaban J connectivity index is 2.23. The summed E-state index contributed by atoms with van der Waals surface area (Å²) in [5, 5.41) is 6.79. The molecule has 0 atom stereocenters. The largest absolute Gasteiger partial charge is 0.437 e. The lowest BCUT2D eigenvalue weighted by atomic mass is 10.3. The molecule has 21 heavy (non-hydrogen) atoms. The van der Waals surface area contributed by atoms with Gasteiger partial charge in [0.1, 0.15) is 6.26 Å². The van der Waals surface area contributed by atoms with Crippen molar-refractivity contribution < 1.29 is 26.1 Å². The van der Waals surface area contributed by atoms with Crippen LogP contribution in [0.1, 0.15) is 22.5 Å². The molecule has 0 fully saturated rings. The summed E-state index contributed by atoms with van der Waals surface area (Å²) in [6, 6.07) is 0. The topological polar surface area (TPSA) is 78.0 Å². The van der Waals surface area contributed by atoms with Crippen LogP contribution >= 0.6 is 0 Å². The van der Waals surface area contributed by atoms with Crippen molar-refractivity contribution >= 4 is 9.84 Å². The minimum absolute atomic E-state index is 0.308. The van der Waals surface area contributed by atoms with Crippen LogP contribution in [0.3, 0.4) is 0 Å². The number of nitrogens with zero attached hydrogens (tertiary/aromatic N) is 3. The zero-order valence-corrected chi connectivity index (χ0v) is 12.0. The monoisotopic (exact) mass is 323 g/mol. The van der Waals surface area contributed by atoms with E-state index in [0.29, 0.717) is 17.5 Å². The second-order valence-electron chi connectivity index (χ2n) is 4.65. The van der Waals surface area contributed by atoms with Crippen LogP contribution in [0.25, 0.3) is 0 Å². The van der Waals surface area contributed by atoms with E-state index in [-0.39, 0.29) is 0 Å². The molecule has 0 aromatic carbocycles.